The molecule has 0 heterocycles. The Morgan fingerprint density at radius 2 is 1.71 bits per heavy atom. The molecule has 128 valence electrons. The van der Waals surface area contributed by atoms with Gasteiger partial charge >= 0.3 is 0 Å². The van der Waals surface area contributed by atoms with Crippen molar-refractivity contribution in [2.75, 3.05) is 25.2 Å². The van der Waals surface area contributed by atoms with Gasteiger partial charge in [-0.2, -0.15) is 0 Å². The number of sulfone groups is 1. The molecule has 2 rings (SSSR count). The number of likely N-dealkylation sites (N-methyl/N-ethyl adjacent to an activating group) is 1. The minimum Gasteiger partial charge on any atom is -0.326 e. The molecule has 2 aromatic rings. The lowest BCUT2D eigenvalue weighted by atomic mass is 10.1. The second-order valence-electron chi connectivity index (χ2n) is 6.05. The molecule has 1 amide bonds. The largest absolute Gasteiger partial charge is 0.326 e. The SMILES string of the molecule is Cc1ccccc1C[NH+](C)CC(=O)Nc1ccccc1S(C)(=O)=O. The van der Waals surface area contributed by atoms with Crippen LogP contribution in [0.25, 0.3) is 0 Å². The number of carbonyl (C=O) groups is 1. The Morgan fingerprint density at radius 1 is 1.08 bits per heavy atom. The minimum atomic E-state index is -3.38. The number of amides is 1. The van der Waals surface area contributed by atoms with E-state index in [0.29, 0.717) is 5.69 Å². The van der Waals surface area contributed by atoms with Crippen LogP contribution in [0.1, 0.15) is 11.1 Å². The van der Waals surface area contributed by atoms with Crippen molar-refractivity contribution in [3.05, 3.63) is 59.7 Å². The van der Waals surface area contributed by atoms with E-state index in [1.54, 1.807) is 18.2 Å². The summed E-state index contributed by atoms with van der Waals surface area (Å²) in [6.07, 6.45) is 1.13. The second kappa shape index (κ2) is 7.59. The molecule has 0 saturated carbocycles. The van der Waals surface area contributed by atoms with Crippen LogP contribution in [0.4, 0.5) is 5.69 Å². The Morgan fingerprint density at radius 3 is 2.38 bits per heavy atom. The summed E-state index contributed by atoms with van der Waals surface area (Å²) < 4.78 is 23.6. The molecule has 0 aliphatic carbocycles. The molecule has 0 aliphatic heterocycles. The maximum absolute atomic E-state index is 12.3. The first-order valence-corrected chi connectivity index (χ1v) is 9.61. The summed E-state index contributed by atoms with van der Waals surface area (Å²) in [4.78, 5) is 13.4. The molecular weight excluding hydrogens is 324 g/mol. The zero-order valence-corrected chi connectivity index (χ0v) is 15.0. The van der Waals surface area contributed by atoms with E-state index in [9.17, 15) is 13.2 Å². The van der Waals surface area contributed by atoms with Crippen LogP contribution in [0.3, 0.4) is 0 Å². The van der Waals surface area contributed by atoms with Gasteiger partial charge in [0.25, 0.3) is 5.91 Å². The molecule has 0 saturated heterocycles. The molecule has 0 aliphatic rings. The van der Waals surface area contributed by atoms with E-state index in [0.717, 1.165) is 17.7 Å². The number of rotatable bonds is 6. The number of aryl methyl sites for hydroxylation is 1. The molecule has 0 aromatic heterocycles. The van der Waals surface area contributed by atoms with Crippen LogP contribution in [-0.4, -0.2) is 34.2 Å². The lowest BCUT2D eigenvalue weighted by Gasteiger charge is -2.16. The van der Waals surface area contributed by atoms with Crippen molar-refractivity contribution in [1.82, 2.24) is 0 Å². The van der Waals surface area contributed by atoms with Crippen molar-refractivity contribution in [3.8, 4) is 0 Å². The van der Waals surface area contributed by atoms with Crippen molar-refractivity contribution in [1.29, 1.82) is 0 Å². The Kier molecular flexibility index (Phi) is 5.75. The first-order chi connectivity index (χ1) is 11.3. The summed E-state index contributed by atoms with van der Waals surface area (Å²) in [7, 11) is -1.44. The molecular formula is C18H23N2O3S+. The van der Waals surface area contributed by atoms with Crippen molar-refractivity contribution in [3.63, 3.8) is 0 Å². The van der Waals surface area contributed by atoms with E-state index in [1.807, 2.05) is 32.2 Å². The highest BCUT2D eigenvalue weighted by atomic mass is 32.2. The van der Waals surface area contributed by atoms with E-state index in [4.69, 9.17) is 0 Å². The Bertz CT molecular complexity index is 832. The molecule has 0 spiro atoms. The fourth-order valence-electron chi connectivity index (χ4n) is 2.56. The van der Waals surface area contributed by atoms with E-state index in [-0.39, 0.29) is 17.3 Å². The molecule has 0 bridgehead atoms. The van der Waals surface area contributed by atoms with Gasteiger partial charge in [-0.1, -0.05) is 36.4 Å². The molecule has 6 heteroatoms. The summed E-state index contributed by atoms with van der Waals surface area (Å²) in [5.74, 6) is -0.211. The summed E-state index contributed by atoms with van der Waals surface area (Å²) in [5, 5.41) is 2.71. The second-order valence-corrected chi connectivity index (χ2v) is 8.04. The molecule has 1 atom stereocenters. The average molecular weight is 347 g/mol. The number of hydrogen-bond acceptors (Lipinski definition) is 3. The smallest absolute Gasteiger partial charge is 0.279 e. The fraction of sp³-hybridized carbons (Fsp3) is 0.278. The highest BCUT2D eigenvalue weighted by molar-refractivity contribution is 7.90. The van der Waals surface area contributed by atoms with Gasteiger partial charge < -0.3 is 10.2 Å². The Labute approximate surface area is 143 Å². The normalized spacial score (nSPS) is 12.6. The van der Waals surface area contributed by atoms with Gasteiger partial charge in [0.05, 0.1) is 17.6 Å². The van der Waals surface area contributed by atoms with E-state index in [1.165, 1.54) is 17.2 Å². The van der Waals surface area contributed by atoms with Crippen LogP contribution in [0.2, 0.25) is 0 Å². The van der Waals surface area contributed by atoms with Gasteiger partial charge in [-0.3, -0.25) is 4.79 Å². The van der Waals surface area contributed by atoms with Crippen LogP contribution in [0.5, 0.6) is 0 Å². The third kappa shape index (κ3) is 4.91. The number of nitrogens with one attached hydrogen (secondary N) is 2. The lowest BCUT2D eigenvalue weighted by Crippen LogP contribution is -3.08. The van der Waals surface area contributed by atoms with Crippen molar-refractivity contribution in [2.24, 2.45) is 0 Å². The van der Waals surface area contributed by atoms with Gasteiger partial charge in [-0.05, 0) is 24.6 Å². The van der Waals surface area contributed by atoms with Crippen LogP contribution in [0, 0.1) is 6.92 Å². The number of carbonyl (C=O) groups excluding carboxylic acids is 1. The van der Waals surface area contributed by atoms with Gasteiger partial charge in [0.2, 0.25) is 0 Å². The Hall–Kier alpha value is -2.18. The number of benzene rings is 2. The molecule has 5 nitrogen and oxygen atoms in total. The summed E-state index contributed by atoms with van der Waals surface area (Å²) in [6, 6.07) is 14.5. The molecule has 1 unspecified atom stereocenters. The zero-order valence-electron chi connectivity index (χ0n) is 14.2. The standard InChI is InChI=1S/C18H22N2O3S/c1-14-8-4-5-9-15(14)12-20(2)13-18(21)19-16-10-6-7-11-17(16)24(3,22)23/h4-11H,12-13H2,1-3H3,(H,19,21)/p+1. The first kappa shape index (κ1) is 18.2. The van der Waals surface area contributed by atoms with Crippen LogP contribution < -0.4 is 10.2 Å². The average Bonchev–Trinajstić information content (AvgIpc) is 2.49. The van der Waals surface area contributed by atoms with Gasteiger partial charge in [-0.15, -0.1) is 0 Å². The fourth-order valence-corrected chi connectivity index (χ4v) is 3.40. The first-order valence-electron chi connectivity index (χ1n) is 7.72. The molecule has 0 fully saturated rings. The number of quaternary nitrogens is 1. The predicted molar refractivity (Wildman–Crippen MR) is 94.8 cm³/mol. The molecule has 2 N–H and O–H groups in total. The van der Waals surface area contributed by atoms with Gasteiger partial charge in [0.15, 0.2) is 16.4 Å². The van der Waals surface area contributed by atoms with Gasteiger partial charge in [-0.25, -0.2) is 8.42 Å². The maximum Gasteiger partial charge on any atom is 0.279 e. The van der Waals surface area contributed by atoms with Gasteiger partial charge in [0.1, 0.15) is 6.54 Å². The highest BCUT2D eigenvalue weighted by Gasteiger charge is 2.17. The summed E-state index contributed by atoms with van der Waals surface area (Å²) >= 11 is 0. The number of hydrogen-bond donors (Lipinski definition) is 2. The zero-order chi connectivity index (χ0) is 17.7. The van der Waals surface area contributed by atoms with Crippen molar-refractivity contribution < 1.29 is 18.1 Å². The monoisotopic (exact) mass is 347 g/mol. The number of anilines is 1. The number of para-hydroxylation sites is 1. The lowest BCUT2D eigenvalue weighted by molar-refractivity contribution is -0.885. The van der Waals surface area contributed by atoms with Gasteiger partial charge in [0, 0.05) is 11.8 Å². The highest BCUT2D eigenvalue weighted by Crippen LogP contribution is 2.20. The van der Waals surface area contributed by atoms with E-state index >= 15 is 0 Å². The quantitative estimate of drug-likeness (QED) is 0.821. The molecule has 0 radical (unpaired) electrons. The van der Waals surface area contributed by atoms with E-state index in [2.05, 4.69) is 11.4 Å². The minimum absolute atomic E-state index is 0.134. The van der Waals surface area contributed by atoms with Crippen molar-refractivity contribution in [2.45, 2.75) is 18.4 Å². The topological polar surface area (TPSA) is 67.7 Å². The van der Waals surface area contributed by atoms with E-state index < -0.39 is 9.84 Å². The molecule has 24 heavy (non-hydrogen) atoms. The maximum atomic E-state index is 12.3. The third-order valence-corrected chi connectivity index (χ3v) is 4.93. The summed E-state index contributed by atoms with van der Waals surface area (Å²) in [6.45, 7) is 3.03. The van der Waals surface area contributed by atoms with Crippen LogP contribution >= 0.6 is 0 Å². The van der Waals surface area contributed by atoms with Crippen LogP contribution in [-0.2, 0) is 21.2 Å². The summed E-state index contributed by atoms with van der Waals surface area (Å²) in [5.41, 5.74) is 2.72. The third-order valence-electron chi connectivity index (χ3n) is 3.78. The Balaban J connectivity index is 2.03. The predicted octanol–water partition coefficient (Wildman–Crippen LogP) is 1.05. The molecule has 2 aromatic carbocycles. The van der Waals surface area contributed by atoms with Crippen molar-refractivity contribution >= 4 is 21.4 Å². The van der Waals surface area contributed by atoms with Crippen LogP contribution in [0.15, 0.2) is 53.4 Å².